The van der Waals surface area contributed by atoms with E-state index < -0.39 is 0 Å². The maximum Gasteiger partial charge on any atom is 0.170 e. The second-order valence-corrected chi connectivity index (χ2v) is 4.13. The van der Waals surface area contributed by atoms with Crippen molar-refractivity contribution >= 4 is 17.3 Å². The van der Waals surface area contributed by atoms with Gasteiger partial charge in [0.2, 0.25) is 0 Å². The van der Waals surface area contributed by atoms with Crippen LogP contribution in [0.1, 0.15) is 27.1 Å². The molecule has 0 amide bonds. The molecule has 0 saturated heterocycles. The van der Waals surface area contributed by atoms with Crippen LogP contribution in [-0.4, -0.2) is 11.6 Å². The van der Waals surface area contributed by atoms with Gasteiger partial charge in [-0.15, -0.1) is 0 Å². The lowest BCUT2D eigenvalue weighted by Crippen LogP contribution is -2.08. The Hall–Kier alpha value is -2.91. The number of rotatable bonds is 5. The molecule has 0 saturated carbocycles. The molecular weight excluding hydrogens is 254 g/mol. The number of azide groups is 1. The second kappa shape index (κ2) is 6.31. The number of hydrogen-bond acceptors (Lipinski definition) is 3. The highest BCUT2D eigenvalue weighted by molar-refractivity contribution is 6.13. The Morgan fingerprint density at radius 1 is 0.900 bits per heavy atom. The predicted octanol–water partition coefficient (Wildman–Crippen LogP) is 4.08. The van der Waals surface area contributed by atoms with Crippen LogP contribution in [0.25, 0.3) is 10.4 Å². The first kappa shape index (κ1) is 13.5. The Bertz CT molecular complexity index is 672. The van der Waals surface area contributed by atoms with Gasteiger partial charge in [-0.3, -0.25) is 9.59 Å². The quantitative estimate of drug-likeness (QED) is 0.268. The van der Waals surface area contributed by atoms with Gasteiger partial charge in [0.1, 0.15) is 0 Å². The van der Waals surface area contributed by atoms with Crippen molar-refractivity contribution in [2.24, 2.45) is 5.11 Å². The summed E-state index contributed by atoms with van der Waals surface area (Å²) in [4.78, 5) is 26.5. The van der Waals surface area contributed by atoms with Gasteiger partial charge in [0.15, 0.2) is 11.6 Å². The standard InChI is InChI=1S/C15H11N3O2/c16-18-17-13-8-6-12(7-9-13)15(20)10-14(19)11-4-2-1-3-5-11/h1-9H,10H2. The molecule has 0 aliphatic heterocycles. The third-order valence-corrected chi connectivity index (χ3v) is 2.77. The lowest BCUT2D eigenvalue weighted by molar-refractivity contribution is 0.0894. The van der Waals surface area contributed by atoms with Crippen LogP contribution in [0, 0.1) is 0 Å². The summed E-state index contributed by atoms with van der Waals surface area (Å²) in [6.45, 7) is 0. The normalized spacial score (nSPS) is 9.60. The minimum absolute atomic E-state index is 0.176. The Kier molecular flexibility index (Phi) is 4.27. The maximum absolute atomic E-state index is 12.0. The van der Waals surface area contributed by atoms with Gasteiger partial charge in [-0.2, -0.15) is 0 Å². The molecular formula is C15H11N3O2. The fraction of sp³-hybridized carbons (Fsp3) is 0.0667. The van der Waals surface area contributed by atoms with E-state index in [9.17, 15) is 9.59 Å². The van der Waals surface area contributed by atoms with Crippen LogP contribution in [0.15, 0.2) is 59.7 Å². The fourth-order valence-corrected chi connectivity index (χ4v) is 1.74. The Labute approximate surface area is 115 Å². The summed E-state index contributed by atoms with van der Waals surface area (Å²) in [5.74, 6) is -0.471. The minimum Gasteiger partial charge on any atom is -0.294 e. The zero-order valence-corrected chi connectivity index (χ0v) is 10.6. The lowest BCUT2D eigenvalue weighted by atomic mass is 10.0. The van der Waals surface area contributed by atoms with Crippen LogP contribution in [0.3, 0.4) is 0 Å². The third-order valence-electron chi connectivity index (χ3n) is 2.77. The van der Waals surface area contributed by atoms with Gasteiger partial charge in [0.05, 0.1) is 6.42 Å². The first-order chi connectivity index (χ1) is 9.70. The van der Waals surface area contributed by atoms with Crippen LogP contribution < -0.4 is 0 Å². The minimum atomic E-state index is -0.258. The van der Waals surface area contributed by atoms with Gasteiger partial charge >= 0.3 is 0 Å². The first-order valence-corrected chi connectivity index (χ1v) is 5.97. The summed E-state index contributed by atoms with van der Waals surface area (Å²) in [5, 5.41) is 3.42. The van der Waals surface area contributed by atoms with Gasteiger partial charge < -0.3 is 0 Å². The first-order valence-electron chi connectivity index (χ1n) is 5.97. The van der Waals surface area contributed by atoms with Crippen molar-refractivity contribution in [1.29, 1.82) is 0 Å². The fourth-order valence-electron chi connectivity index (χ4n) is 1.74. The summed E-state index contributed by atoms with van der Waals surface area (Å²) in [6.07, 6.45) is -0.176. The van der Waals surface area contributed by atoms with E-state index in [4.69, 9.17) is 5.53 Å². The molecule has 98 valence electrons. The van der Waals surface area contributed by atoms with Crippen LogP contribution in [0.2, 0.25) is 0 Å². The lowest BCUT2D eigenvalue weighted by Gasteiger charge is -2.01. The van der Waals surface area contributed by atoms with Crippen LogP contribution in [-0.2, 0) is 0 Å². The van der Waals surface area contributed by atoms with Gasteiger partial charge in [0, 0.05) is 21.7 Å². The highest BCUT2D eigenvalue weighted by Gasteiger charge is 2.13. The van der Waals surface area contributed by atoms with Gasteiger partial charge in [-0.25, -0.2) is 0 Å². The van der Waals surface area contributed by atoms with Crippen LogP contribution in [0.4, 0.5) is 5.69 Å². The molecule has 0 aliphatic rings. The van der Waals surface area contributed by atoms with E-state index in [1.807, 2.05) is 6.07 Å². The molecule has 0 aliphatic carbocycles. The molecule has 5 nitrogen and oxygen atoms in total. The molecule has 0 aromatic heterocycles. The summed E-state index contributed by atoms with van der Waals surface area (Å²) < 4.78 is 0. The highest BCUT2D eigenvalue weighted by Crippen LogP contribution is 2.15. The SMILES string of the molecule is [N-]=[N+]=Nc1ccc(C(=O)CC(=O)c2ccccc2)cc1. The van der Waals surface area contributed by atoms with Gasteiger partial charge in [-0.1, -0.05) is 59.7 Å². The summed E-state index contributed by atoms with van der Waals surface area (Å²) >= 11 is 0. The van der Waals surface area contributed by atoms with Crippen molar-refractivity contribution in [3.05, 3.63) is 76.2 Å². The predicted molar refractivity (Wildman–Crippen MR) is 75.0 cm³/mol. The molecule has 0 unspecified atom stereocenters. The highest BCUT2D eigenvalue weighted by atomic mass is 16.1. The zero-order chi connectivity index (χ0) is 14.4. The molecule has 0 heterocycles. The average molecular weight is 265 g/mol. The van der Waals surface area contributed by atoms with E-state index in [0.29, 0.717) is 16.8 Å². The Balaban J connectivity index is 2.08. The molecule has 20 heavy (non-hydrogen) atoms. The van der Waals surface area contributed by atoms with E-state index in [1.165, 1.54) is 0 Å². The van der Waals surface area contributed by atoms with Crippen molar-refractivity contribution in [2.45, 2.75) is 6.42 Å². The van der Waals surface area contributed by atoms with Crippen LogP contribution in [0.5, 0.6) is 0 Å². The maximum atomic E-state index is 12.0. The smallest absolute Gasteiger partial charge is 0.170 e. The van der Waals surface area contributed by atoms with E-state index >= 15 is 0 Å². The molecule has 2 aromatic rings. The van der Waals surface area contributed by atoms with Gasteiger partial charge in [0.25, 0.3) is 0 Å². The third kappa shape index (κ3) is 3.31. The van der Waals surface area contributed by atoms with Crippen molar-refractivity contribution in [3.63, 3.8) is 0 Å². The number of nitrogens with zero attached hydrogens (tertiary/aromatic N) is 3. The van der Waals surface area contributed by atoms with Crippen molar-refractivity contribution < 1.29 is 9.59 Å². The molecule has 2 aromatic carbocycles. The second-order valence-electron chi connectivity index (χ2n) is 4.13. The number of hydrogen-bond donors (Lipinski definition) is 0. The molecule has 0 fully saturated rings. The number of carbonyl (C=O) groups is 2. The number of Topliss-reactive ketones (excluding diaryl/α,β-unsaturated/α-hetero) is 2. The molecule has 2 rings (SSSR count). The molecule has 0 spiro atoms. The zero-order valence-electron chi connectivity index (χ0n) is 10.6. The number of carbonyl (C=O) groups excluding carboxylic acids is 2. The van der Waals surface area contributed by atoms with E-state index in [0.717, 1.165) is 0 Å². The van der Waals surface area contributed by atoms with Crippen molar-refractivity contribution in [2.75, 3.05) is 0 Å². The summed E-state index contributed by atoms with van der Waals surface area (Å²) in [6, 6.07) is 14.9. The van der Waals surface area contributed by atoms with E-state index in [-0.39, 0.29) is 18.0 Å². The summed E-state index contributed by atoms with van der Waals surface area (Å²) in [7, 11) is 0. The van der Waals surface area contributed by atoms with Crippen molar-refractivity contribution in [1.82, 2.24) is 0 Å². The Morgan fingerprint density at radius 2 is 1.45 bits per heavy atom. The largest absolute Gasteiger partial charge is 0.294 e. The topological polar surface area (TPSA) is 82.9 Å². The molecule has 0 N–H and O–H groups in total. The molecule has 5 heteroatoms. The molecule has 0 atom stereocenters. The van der Waals surface area contributed by atoms with Gasteiger partial charge in [-0.05, 0) is 5.53 Å². The van der Waals surface area contributed by atoms with Crippen LogP contribution >= 0.6 is 0 Å². The van der Waals surface area contributed by atoms with E-state index in [1.54, 1.807) is 48.5 Å². The van der Waals surface area contributed by atoms with E-state index in [2.05, 4.69) is 10.0 Å². The summed E-state index contributed by atoms with van der Waals surface area (Å²) in [5.41, 5.74) is 9.66. The molecule has 0 radical (unpaired) electrons. The Morgan fingerprint density at radius 3 is 2.00 bits per heavy atom. The monoisotopic (exact) mass is 265 g/mol. The number of ketones is 2. The number of benzene rings is 2. The van der Waals surface area contributed by atoms with Crippen molar-refractivity contribution in [3.8, 4) is 0 Å². The average Bonchev–Trinajstić information content (AvgIpc) is 2.49. The molecule has 0 bridgehead atoms.